The van der Waals surface area contributed by atoms with Crippen LogP contribution in [0.25, 0.3) is 0 Å². The van der Waals surface area contributed by atoms with E-state index >= 15 is 0 Å². The summed E-state index contributed by atoms with van der Waals surface area (Å²) < 4.78 is 17.0. The minimum absolute atomic E-state index is 0.0199. The van der Waals surface area contributed by atoms with Crippen molar-refractivity contribution in [3.63, 3.8) is 0 Å². The third-order valence-electron chi connectivity index (χ3n) is 11.2. The number of allylic oxidation sites excluding steroid dienone is 3. The standard InChI is InChI=1S/C30H42O8/c1-15-13-21-27(7)14-19(37-17(3)31)24(38-18(4)32)26(5,6)20(27)11-12-28(21,8)30(25(35)36-10)23(34)16(2)22(33)29(15,30)9/h13,19-21,24,33H,11-12,14H2,1-10H3/t19-,20+,21-,24-,27+,28-,29-,30+/m0/s1. The molecule has 4 rings (SSSR count). The molecule has 210 valence electrons. The molecule has 8 heteroatoms. The third-order valence-corrected chi connectivity index (χ3v) is 11.2. The maximum absolute atomic E-state index is 14.2. The van der Waals surface area contributed by atoms with Gasteiger partial charge >= 0.3 is 17.9 Å². The van der Waals surface area contributed by atoms with Crippen LogP contribution in [-0.2, 0) is 33.4 Å². The van der Waals surface area contributed by atoms with Gasteiger partial charge in [0.05, 0.1) is 12.5 Å². The molecular formula is C30H42O8. The smallest absolute Gasteiger partial charge is 0.321 e. The molecule has 0 spiro atoms. The van der Waals surface area contributed by atoms with Gasteiger partial charge in [0.25, 0.3) is 0 Å². The summed E-state index contributed by atoms with van der Waals surface area (Å²) in [7, 11) is 1.29. The Hall–Kier alpha value is -2.64. The number of carbonyl (C=O) groups excluding carboxylic acids is 4. The molecule has 4 aliphatic rings. The first-order valence-electron chi connectivity index (χ1n) is 13.5. The second kappa shape index (κ2) is 8.43. The molecule has 0 aromatic heterocycles. The van der Waals surface area contributed by atoms with Gasteiger partial charge in [-0.25, -0.2) is 0 Å². The lowest BCUT2D eigenvalue weighted by Gasteiger charge is -2.69. The number of hydrogen-bond donors (Lipinski definition) is 1. The molecule has 1 N–H and O–H groups in total. The van der Waals surface area contributed by atoms with E-state index in [0.717, 1.165) is 5.57 Å². The molecular weight excluding hydrogens is 488 g/mol. The molecule has 8 atom stereocenters. The highest BCUT2D eigenvalue weighted by molar-refractivity contribution is 6.17. The molecule has 0 radical (unpaired) electrons. The zero-order valence-electron chi connectivity index (χ0n) is 24.3. The van der Waals surface area contributed by atoms with Gasteiger partial charge in [0.1, 0.15) is 18.0 Å². The molecule has 0 unspecified atom stereocenters. The van der Waals surface area contributed by atoms with E-state index in [1.54, 1.807) is 13.8 Å². The minimum atomic E-state index is -1.64. The zero-order valence-corrected chi connectivity index (χ0v) is 24.3. The zero-order chi connectivity index (χ0) is 28.8. The molecule has 0 aromatic carbocycles. The Morgan fingerprint density at radius 3 is 2.11 bits per heavy atom. The molecule has 38 heavy (non-hydrogen) atoms. The minimum Gasteiger partial charge on any atom is -0.511 e. The van der Waals surface area contributed by atoms with Gasteiger partial charge < -0.3 is 19.3 Å². The lowest BCUT2D eigenvalue weighted by molar-refractivity contribution is -0.242. The maximum Gasteiger partial charge on any atom is 0.321 e. The van der Waals surface area contributed by atoms with Crippen LogP contribution in [0.5, 0.6) is 0 Å². The van der Waals surface area contributed by atoms with Crippen LogP contribution >= 0.6 is 0 Å². The second-order valence-corrected chi connectivity index (χ2v) is 13.2. The summed E-state index contributed by atoms with van der Waals surface area (Å²) in [6.07, 6.45) is 2.36. The van der Waals surface area contributed by atoms with Crippen LogP contribution in [0.2, 0.25) is 0 Å². The van der Waals surface area contributed by atoms with Crippen molar-refractivity contribution in [1.29, 1.82) is 0 Å². The van der Waals surface area contributed by atoms with Crippen molar-refractivity contribution >= 4 is 23.7 Å². The molecule has 0 bridgehead atoms. The number of fused-ring (bicyclic) bond motifs is 5. The number of rotatable bonds is 3. The van der Waals surface area contributed by atoms with E-state index in [1.807, 2.05) is 27.7 Å². The predicted molar refractivity (Wildman–Crippen MR) is 139 cm³/mol. The molecule has 0 saturated heterocycles. The number of esters is 3. The van der Waals surface area contributed by atoms with Crippen LogP contribution in [0.4, 0.5) is 0 Å². The fourth-order valence-corrected chi connectivity index (χ4v) is 9.68. The van der Waals surface area contributed by atoms with Crippen molar-refractivity contribution < 1.29 is 38.5 Å². The first-order valence-corrected chi connectivity index (χ1v) is 13.5. The number of aliphatic hydroxyl groups is 1. The van der Waals surface area contributed by atoms with Gasteiger partial charge in [-0.1, -0.05) is 39.3 Å². The van der Waals surface area contributed by atoms with E-state index < -0.39 is 63.0 Å². The van der Waals surface area contributed by atoms with Gasteiger partial charge in [0, 0.05) is 24.8 Å². The van der Waals surface area contributed by atoms with Crippen molar-refractivity contribution in [3.05, 3.63) is 23.0 Å². The Kier molecular flexibility index (Phi) is 6.29. The van der Waals surface area contributed by atoms with Crippen molar-refractivity contribution in [2.45, 2.75) is 93.8 Å². The summed E-state index contributed by atoms with van der Waals surface area (Å²) >= 11 is 0. The van der Waals surface area contributed by atoms with E-state index in [0.29, 0.717) is 19.3 Å². The molecule has 0 aliphatic heterocycles. The number of methoxy groups -OCH3 is 1. The number of ketones is 1. The van der Waals surface area contributed by atoms with Crippen LogP contribution in [0.15, 0.2) is 23.0 Å². The number of ether oxygens (including phenoxy) is 3. The van der Waals surface area contributed by atoms with Gasteiger partial charge in [0.15, 0.2) is 11.2 Å². The molecule has 0 heterocycles. The van der Waals surface area contributed by atoms with Crippen LogP contribution in [0.3, 0.4) is 0 Å². The average molecular weight is 531 g/mol. The molecule has 8 nitrogen and oxygen atoms in total. The van der Waals surface area contributed by atoms with E-state index in [9.17, 15) is 24.3 Å². The Labute approximate surface area is 225 Å². The van der Waals surface area contributed by atoms with Crippen molar-refractivity contribution in [3.8, 4) is 0 Å². The molecule has 0 amide bonds. The fourth-order valence-electron chi connectivity index (χ4n) is 9.68. The number of carbonyl (C=O) groups is 4. The Balaban J connectivity index is 1.98. The summed E-state index contributed by atoms with van der Waals surface area (Å²) in [5.41, 5.74) is -3.98. The predicted octanol–water partition coefficient (Wildman–Crippen LogP) is 4.86. The highest BCUT2D eigenvalue weighted by Crippen LogP contribution is 2.77. The van der Waals surface area contributed by atoms with Crippen LogP contribution in [-0.4, -0.2) is 48.1 Å². The lowest BCUT2D eigenvalue weighted by Crippen LogP contribution is -2.71. The summed E-state index contributed by atoms with van der Waals surface area (Å²) in [6.45, 7) is 16.1. The number of aliphatic hydroxyl groups excluding tert-OH is 1. The van der Waals surface area contributed by atoms with Gasteiger partial charge in [0.2, 0.25) is 0 Å². The van der Waals surface area contributed by atoms with Crippen LogP contribution in [0, 0.1) is 38.9 Å². The Morgan fingerprint density at radius 1 is 1.00 bits per heavy atom. The number of Topliss-reactive ketones (excluding diaryl/α,β-unsaturated/α-hetero) is 1. The van der Waals surface area contributed by atoms with E-state index in [4.69, 9.17) is 14.2 Å². The Morgan fingerprint density at radius 2 is 1.58 bits per heavy atom. The van der Waals surface area contributed by atoms with E-state index in [2.05, 4.69) is 13.0 Å². The van der Waals surface area contributed by atoms with Gasteiger partial charge in [-0.2, -0.15) is 0 Å². The molecule has 0 aromatic rings. The van der Waals surface area contributed by atoms with Crippen LogP contribution < -0.4 is 0 Å². The van der Waals surface area contributed by atoms with E-state index in [1.165, 1.54) is 21.0 Å². The molecule has 4 aliphatic carbocycles. The third kappa shape index (κ3) is 3.09. The second-order valence-electron chi connectivity index (χ2n) is 13.2. The van der Waals surface area contributed by atoms with Gasteiger partial charge in [-0.05, 0) is 62.7 Å². The highest BCUT2D eigenvalue weighted by atomic mass is 16.6. The fraction of sp³-hybridized carbons (Fsp3) is 0.733. The summed E-state index contributed by atoms with van der Waals surface area (Å²) in [5, 5.41) is 11.4. The number of hydrogen-bond acceptors (Lipinski definition) is 8. The summed E-state index contributed by atoms with van der Waals surface area (Å²) in [5.74, 6) is -2.29. The molecule has 2 fully saturated rings. The topological polar surface area (TPSA) is 116 Å². The first kappa shape index (κ1) is 28.4. The quantitative estimate of drug-likeness (QED) is 0.238. The summed E-state index contributed by atoms with van der Waals surface area (Å²) in [4.78, 5) is 52.4. The average Bonchev–Trinajstić information content (AvgIpc) is 2.96. The van der Waals surface area contributed by atoms with Crippen molar-refractivity contribution in [2.24, 2.45) is 38.9 Å². The van der Waals surface area contributed by atoms with E-state index in [-0.39, 0.29) is 23.2 Å². The SMILES string of the molecule is COC(=O)[C@@]12C(=O)C(C)=C(O)[C@]1(C)C(C)=C[C@H]1[C@]3(C)C[C@H](OC(C)=O)[C@H](OC(C)=O)C(C)(C)[C@H]3CC[C@@]12C. The summed E-state index contributed by atoms with van der Waals surface area (Å²) in [6, 6.07) is 0. The first-order chi connectivity index (χ1) is 17.4. The van der Waals surface area contributed by atoms with Crippen molar-refractivity contribution in [2.75, 3.05) is 7.11 Å². The highest BCUT2D eigenvalue weighted by Gasteiger charge is 2.80. The largest absolute Gasteiger partial charge is 0.511 e. The van der Waals surface area contributed by atoms with Gasteiger partial charge in [-0.15, -0.1) is 0 Å². The van der Waals surface area contributed by atoms with Crippen molar-refractivity contribution in [1.82, 2.24) is 0 Å². The van der Waals surface area contributed by atoms with Gasteiger partial charge in [-0.3, -0.25) is 19.2 Å². The van der Waals surface area contributed by atoms with Crippen LogP contribution in [0.1, 0.15) is 81.6 Å². The normalized spacial score (nSPS) is 43.3. The molecule has 2 saturated carbocycles. The lowest BCUT2D eigenvalue weighted by atomic mass is 9.33. The monoisotopic (exact) mass is 530 g/mol. The Bertz CT molecular complexity index is 1180. The maximum atomic E-state index is 14.2.